The molecule has 0 radical (unpaired) electrons. The number of thiazole rings is 1. The zero-order chi connectivity index (χ0) is 16.2. The Morgan fingerprint density at radius 1 is 1.43 bits per heavy atom. The van der Waals surface area contributed by atoms with Gasteiger partial charge in [0.05, 0.1) is 30.6 Å². The first-order valence-corrected chi connectivity index (χ1v) is 8.30. The first-order valence-electron chi connectivity index (χ1n) is 7.48. The van der Waals surface area contributed by atoms with Gasteiger partial charge < -0.3 is 10.1 Å². The number of nitrogens with one attached hydrogen (secondary N) is 3. The second kappa shape index (κ2) is 7.08. The molecule has 2 aromatic rings. The number of carbonyl (C=O) groups is 1. The predicted octanol–water partition coefficient (Wildman–Crippen LogP) is 1.54. The molecule has 0 bridgehead atoms. The summed E-state index contributed by atoms with van der Waals surface area (Å²) in [5.41, 5.74) is 7.32. The molecule has 1 amide bonds. The third-order valence-corrected chi connectivity index (χ3v) is 4.81. The lowest BCUT2D eigenvalue weighted by atomic mass is 9.94. The summed E-state index contributed by atoms with van der Waals surface area (Å²) in [6, 6.07) is 7.73. The SMILES string of the molecule is COc1ccc(C2NNCC2C(=O)NCc2cnc(C)s2)cc1. The van der Waals surface area contributed by atoms with E-state index in [9.17, 15) is 4.79 Å². The van der Waals surface area contributed by atoms with Crippen molar-refractivity contribution in [2.45, 2.75) is 19.5 Å². The van der Waals surface area contributed by atoms with Crippen LogP contribution in [0.15, 0.2) is 30.5 Å². The largest absolute Gasteiger partial charge is 0.497 e. The Kier molecular flexibility index (Phi) is 4.90. The van der Waals surface area contributed by atoms with Crippen LogP contribution in [-0.2, 0) is 11.3 Å². The van der Waals surface area contributed by atoms with Gasteiger partial charge in [-0.1, -0.05) is 12.1 Å². The van der Waals surface area contributed by atoms with Crippen molar-refractivity contribution in [3.8, 4) is 5.75 Å². The third-order valence-electron chi connectivity index (χ3n) is 3.90. The van der Waals surface area contributed by atoms with E-state index in [2.05, 4.69) is 21.2 Å². The van der Waals surface area contributed by atoms with Crippen molar-refractivity contribution in [1.29, 1.82) is 0 Å². The fourth-order valence-electron chi connectivity index (χ4n) is 2.66. The Labute approximate surface area is 139 Å². The lowest BCUT2D eigenvalue weighted by molar-refractivity contribution is -0.125. The lowest BCUT2D eigenvalue weighted by Gasteiger charge is -2.18. The van der Waals surface area contributed by atoms with E-state index in [1.54, 1.807) is 18.4 Å². The van der Waals surface area contributed by atoms with Crippen LogP contribution in [0.4, 0.5) is 0 Å². The Morgan fingerprint density at radius 2 is 2.22 bits per heavy atom. The zero-order valence-corrected chi connectivity index (χ0v) is 13.9. The molecule has 1 aromatic heterocycles. The molecule has 1 aliphatic heterocycles. The molecule has 0 saturated carbocycles. The lowest BCUT2D eigenvalue weighted by Crippen LogP contribution is -2.34. The highest BCUT2D eigenvalue weighted by molar-refractivity contribution is 7.11. The highest BCUT2D eigenvalue weighted by Gasteiger charge is 2.33. The van der Waals surface area contributed by atoms with E-state index in [0.29, 0.717) is 13.1 Å². The minimum absolute atomic E-state index is 0.0365. The third kappa shape index (κ3) is 3.69. The molecule has 1 fully saturated rings. The summed E-state index contributed by atoms with van der Waals surface area (Å²) in [5, 5.41) is 4.01. The molecule has 0 spiro atoms. The number of aromatic nitrogens is 1. The molecule has 2 unspecified atom stereocenters. The van der Waals surface area contributed by atoms with E-state index in [4.69, 9.17) is 4.74 Å². The molecular formula is C16H20N4O2S. The fraction of sp³-hybridized carbons (Fsp3) is 0.375. The molecule has 2 heterocycles. The molecule has 7 heteroatoms. The molecule has 0 aliphatic carbocycles. The summed E-state index contributed by atoms with van der Waals surface area (Å²) in [7, 11) is 1.64. The van der Waals surface area contributed by atoms with E-state index in [1.165, 1.54) is 0 Å². The van der Waals surface area contributed by atoms with Gasteiger partial charge in [-0.05, 0) is 24.6 Å². The van der Waals surface area contributed by atoms with Gasteiger partial charge in [-0.3, -0.25) is 10.2 Å². The first kappa shape index (κ1) is 15.9. The number of nitrogens with zero attached hydrogens (tertiary/aromatic N) is 1. The monoisotopic (exact) mass is 332 g/mol. The normalized spacial score (nSPS) is 20.4. The second-order valence-electron chi connectivity index (χ2n) is 5.45. The van der Waals surface area contributed by atoms with E-state index >= 15 is 0 Å². The van der Waals surface area contributed by atoms with Crippen molar-refractivity contribution in [3.05, 3.63) is 45.9 Å². The average molecular weight is 332 g/mol. The van der Waals surface area contributed by atoms with Crippen LogP contribution in [0, 0.1) is 12.8 Å². The van der Waals surface area contributed by atoms with Gasteiger partial charge in [0.25, 0.3) is 0 Å². The molecule has 1 aliphatic rings. The molecule has 2 atom stereocenters. The van der Waals surface area contributed by atoms with Gasteiger partial charge in [0.2, 0.25) is 5.91 Å². The molecule has 122 valence electrons. The number of rotatable bonds is 5. The van der Waals surface area contributed by atoms with Gasteiger partial charge >= 0.3 is 0 Å². The highest BCUT2D eigenvalue weighted by Crippen LogP contribution is 2.26. The van der Waals surface area contributed by atoms with E-state index in [-0.39, 0.29) is 17.9 Å². The summed E-state index contributed by atoms with van der Waals surface area (Å²) >= 11 is 1.60. The number of ether oxygens (including phenoxy) is 1. The van der Waals surface area contributed by atoms with Gasteiger partial charge in [-0.25, -0.2) is 10.4 Å². The number of methoxy groups -OCH3 is 1. The average Bonchev–Trinajstić information content (AvgIpc) is 3.21. The molecule has 1 saturated heterocycles. The minimum atomic E-state index is -0.155. The highest BCUT2D eigenvalue weighted by atomic mass is 32.1. The quantitative estimate of drug-likeness (QED) is 0.774. The molecule has 6 nitrogen and oxygen atoms in total. The molecule has 1 aromatic carbocycles. The maximum absolute atomic E-state index is 12.5. The number of carbonyl (C=O) groups excluding carboxylic acids is 1. The topological polar surface area (TPSA) is 75.3 Å². The van der Waals surface area contributed by atoms with Crippen LogP contribution in [0.2, 0.25) is 0 Å². The van der Waals surface area contributed by atoms with E-state index < -0.39 is 0 Å². The Bertz CT molecular complexity index is 671. The van der Waals surface area contributed by atoms with E-state index in [0.717, 1.165) is 21.2 Å². The van der Waals surface area contributed by atoms with Gasteiger partial charge in [0, 0.05) is 17.6 Å². The van der Waals surface area contributed by atoms with Crippen molar-refractivity contribution in [3.63, 3.8) is 0 Å². The summed E-state index contributed by atoms with van der Waals surface area (Å²) in [6.07, 6.45) is 1.81. The molecular weight excluding hydrogens is 312 g/mol. The number of hydrogen-bond donors (Lipinski definition) is 3. The first-order chi connectivity index (χ1) is 11.2. The summed E-state index contributed by atoms with van der Waals surface area (Å²) in [6.45, 7) is 3.08. The van der Waals surface area contributed by atoms with Crippen molar-refractivity contribution in [1.82, 2.24) is 21.2 Å². The number of amides is 1. The van der Waals surface area contributed by atoms with Crippen LogP contribution in [0.3, 0.4) is 0 Å². The van der Waals surface area contributed by atoms with Gasteiger partial charge in [-0.2, -0.15) is 0 Å². The van der Waals surface area contributed by atoms with Crippen LogP contribution < -0.4 is 20.9 Å². The predicted molar refractivity (Wildman–Crippen MR) is 89.1 cm³/mol. The number of hydrogen-bond acceptors (Lipinski definition) is 6. The number of aryl methyl sites for hydroxylation is 1. The van der Waals surface area contributed by atoms with E-state index in [1.807, 2.05) is 37.4 Å². The Morgan fingerprint density at radius 3 is 2.87 bits per heavy atom. The van der Waals surface area contributed by atoms with Crippen LogP contribution >= 0.6 is 11.3 Å². The van der Waals surface area contributed by atoms with Crippen LogP contribution in [0.5, 0.6) is 5.75 Å². The van der Waals surface area contributed by atoms with Crippen molar-refractivity contribution >= 4 is 17.2 Å². The summed E-state index contributed by atoms with van der Waals surface area (Å²) in [5.74, 6) is 0.688. The van der Waals surface area contributed by atoms with Crippen LogP contribution in [0.1, 0.15) is 21.5 Å². The van der Waals surface area contributed by atoms with Crippen molar-refractivity contribution < 1.29 is 9.53 Å². The zero-order valence-electron chi connectivity index (χ0n) is 13.1. The number of benzene rings is 1. The van der Waals surface area contributed by atoms with Crippen LogP contribution in [0.25, 0.3) is 0 Å². The fourth-order valence-corrected chi connectivity index (χ4v) is 3.40. The smallest absolute Gasteiger partial charge is 0.226 e. The van der Waals surface area contributed by atoms with Crippen LogP contribution in [-0.4, -0.2) is 24.5 Å². The minimum Gasteiger partial charge on any atom is -0.497 e. The molecule has 3 rings (SSSR count). The van der Waals surface area contributed by atoms with Crippen molar-refractivity contribution in [2.24, 2.45) is 5.92 Å². The molecule has 3 N–H and O–H groups in total. The summed E-state index contributed by atoms with van der Waals surface area (Å²) in [4.78, 5) is 17.8. The molecule has 23 heavy (non-hydrogen) atoms. The van der Waals surface area contributed by atoms with Gasteiger partial charge in [-0.15, -0.1) is 11.3 Å². The second-order valence-corrected chi connectivity index (χ2v) is 6.77. The Balaban J connectivity index is 1.64. The van der Waals surface area contributed by atoms with Crippen molar-refractivity contribution in [2.75, 3.05) is 13.7 Å². The standard InChI is InChI=1S/C16H20N4O2S/c1-10-17-7-13(23-10)8-18-16(21)14-9-19-20-15(14)11-3-5-12(22-2)6-4-11/h3-7,14-15,19-20H,8-9H2,1-2H3,(H,18,21). The Hall–Kier alpha value is -1.96. The maximum atomic E-state index is 12.5. The summed E-state index contributed by atoms with van der Waals surface area (Å²) < 4.78 is 5.18. The van der Waals surface area contributed by atoms with Gasteiger partial charge in [0.1, 0.15) is 5.75 Å². The van der Waals surface area contributed by atoms with Gasteiger partial charge in [0.15, 0.2) is 0 Å². The maximum Gasteiger partial charge on any atom is 0.226 e. The number of hydrazine groups is 1.